The van der Waals surface area contributed by atoms with Gasteiger partial charge >= 0.3 is 6.03 Å². The van der Waals surface area contributed by atoms with E-state index in [9.17, 15) is 13.2 Å². The quantitative estimate of drug-likeness (QED) is 0.796. The van der Waals surface area contributed by atoms with Crippen LogP contribution in [0.15, 0.2) is 53.4 Å². The number of amides is 2. The molecule has 0 heterocycles. The summed E-state index contributed by atoms with van der Waals surface area (Å²) in [4.78, 5) is 11.8. The molecule has 0 radical (unpaired) electrons. The Labute approximate surface area is 133 Å². The minimum Gasteiger partial charge on any atom is -0.334 e. The first-order valence-corrected chi connectivity index (χ1v) is 8.19. The Hall–Kier alpha value is -2.09. The van der Waals surface area contributed by atoms with Crippen molar-refractivity contribution in [2.24, 2.45) is 5.14 Å². The molecule has 0 saturated carbocycles. The van der Waals surface area contributed by atoms with Crippen molar-refractivity contribution < 1.29 is 13.2 Å². The van der Waals surface area contributed by atoms with Crippen LogP contribution in [-0.2, 0) is 16.6 Å². The molecule has 0 saturated heterocycles. The van der Waals surface area contributed by atoms with Gasteiger partial charge in [-0.2, -0.15) is 0 Å². The zero-order valence-corrected chi connectivity index (χ0v) is 13.0. The summed E-state index contributed by atoms with van der Waals surface area (Å²) in [6, 6.07) is 12.3. The molecule has 2 aromatic carbocycles. The smallest absolute Gasteiger partial charge is 0.319 e. The lowest BCUT2D eigenvalue weighted by Gasteiger charge is -2.08. The highest BCUT2D eigenvalue weighted by Gasteiger charge is 2.07. The third-order valence-corrected chi connectivity index (χ3v) is 3.99. The van der Waals surface area contributed by atoms with Gasteiger partial charge in [-0.05, 0) is 42.0 Å². The van der Waals surface area contributed by atoms with E-state index in [1.54, 1.807) is 36.4 Å². The van der Waals surface area contributed by atoms with E-state index in [0.717, 1.165) is 5.56 Å². The van der Waals surface area contributed by atoms with Crippen molar-refractivity contribution >= 4 is 33.3 Å². The van der Waals surface area contributed by atoms with Crippen molar-refractivity contribution in [1.29, 1.82) is 0 Å². The molecule has 4 N–H and O–H groups in total. The predicted molar refractivity (Wildman–Crippen MR) is 85.1 cm³/mol. The Balaban J connectivity index is 1.89. The van der Waals surface area contributed by atoms with E-state index in [2.05, 4.69) is 10.6 Å². The lowest BCUT2D eigenvalue weighted by Crippen LogP contribution is -2.28. The summed E-state index contributed by atoms with van der Waals surface area (Å²) in [7, 11) is -3.71. The highest BCUT2D eigenvalue weighted by Crippen LogP contribution is 2.13. The van der Waals surface area contributed by atoms with E-state index in [-0.39, 0.29) is 17.5 Å². The minimum absolute atomic E-state index is 0.0295. The molecule has 0 unspecified atom stereocenters. The van der Waals surface area contributed by atoms with Crippen LogP contribution in [0.5, 0.6) is 0 Å². The maximum atomic E-state index is 11.7. The highest BCUT2D eigenvalue weighted by atomic mass is 35.5. The van der Waals surface area contributed by atoms with Crippen LogP contribution >= 0.6 is 11.6 Å². The third kappa shape index (κ3) is 4.73. The normalized spacial score (nSPS) is 11.0. The average molecular weight is 340 g/mol. The lowest BCUT2D eigenvalue weighted by molar-refractivity contribution is 0.251. The molecule has 0 aliphatic rings. The Morgan fingerprint density at radius 3 is 2.18 bits per heavy atom. The van der Waals surface area contributed by atoms with Crippen molar-refractivity contribution in [3.8, 4) is 0 Å². The number of primary sulfonamides is 1. The SMILES string of the molecule is NS(=O)(=O)c1ccc(CNC(=O)Nc2ccc(Cl)cc2)cc1. The second-order valence-corrected chi connectivity index (χ2v) is 6.50. The minimum atomic E-state index is -3.71. The fourth-order valence-electron chi connectivity index (χ4n) is 1.69. The number of halogens is 1. The molecular formula is C14H14ClN3O3S. The summed E-state index contributed by atoms with van der Waals surface area (Å²) in [5, 5.41) is 10.9. The summed E-state index contributed by atoms with van der Waals surface area (Å²) in [5.41, 5.74) is 1.37. The van der Waals surface area contributed by atoms with Gasteiger partial charge in [0.15, 0.2) is 0 Å². The molecule has 0 aliphatic carbocycles. The first-order chi connectivity index (χ1) is 10.3. The molecule has 22 heavy (non-hydrogen) atoms. The molecule has 0 bridgehead atoms. The van der Waals surface area contributed by atoms with Crippen LogP contribution in [0.4, 0.5) is 10.5 Å². The summed E-state index contributed by atoms with van der Waals surface area (Å²) in [6.07, 6.45) is 0. The van der Waals surface area contributed by atoms with Crippen LogP contribution < -0.4 is 15.8 Å². The third-order valence-electron chi connectivity index (χ3n) is 2.81. The number of carbonyl (C=O) groups excluding carboxylic acids is 1. The second kappa shape index (κ2) is 6.78. The highest BCUT2D eigenvalue weighted by molar-refractivity contribution is 7.89. The number of rotatable bonds is 4. The lowest BCUT2D eigenvalue weighted by atomic mass is 10.2. The number of anilines is 1. The molecule has 6 nitrogen and oxygen atoms in total. The number of urea groups is 1. The van der Waals surface area contributed by atoms with Crippen molar-refractivity contribution in [2.75, 3.05) is 5.32 Å². The van der Waals surface area contributed by atoms with Gasteiger partial charge in [-0.25, -0.2) is 18.4 Å². The van der Waals surface area contributed by atoms with Gasteiger partial charge in [-0.15, -0.1) is 0 Å². The Bertz CT molecular complexity index is 759. The molecule has 2 amide bonds. The summed E-state index contributed by atoms with van der Waals surface area (Å²) < 4.78 is 22.3. The van der Waals surface area contributed by atoms with E-state index in [4.69, 9.17) is 16.7 Å². The van der Waals surface area contributed by atoms with Crippen LogP contribution in [0.2, 0.25) is 5.02 Å². The van der Waals surface area contributed by atoms with E-state index in [0.29, 0.717) is 10.7 Å². The van der Waals surface area contributed by atoms with E-state index < -0.39 is 10.0 Å². The maximum Gasteiger partial charge on any atom is 0.319 e. The summed E-state index contributed by atoms with van der Waals surface area (Å²) >= 11 is 5.75. The monoisotopic (exact) mass is 339 g/mol. The van der Waals surface area contributed by atoms with Crippen LogP contribution in [0, 0.1) is 0 Å². The second-order valence-electron chi connectivity index (χ2n) is 4.50. The Morgan fingerprint density at radius 2 is 1.64 bits per heavy atom. The number of benzene rings is 2. The first kappa shape index (κ1) is 16.3. The number of nitrogens with one attached hydrogen (secondary N) is 2. The molecule has 0 fully saturated rings. The van der Waals surface area contributed by atoms with Crippen LogP contribution in [-0.4, -0.2) is 14.4 Å². The fourth-order valence-corrected chi connectivity index (χ4v) is 2.33. The van der Waals surface area contributed by atoms with Crippen molar-refractivity contribution in [3.05, 3.63) is 59.1 Å². The first-order valence-electron chi connectivity index (χ1n) is 6.27. The number of hydrogen-bond donors (Lipinski definition) is 3. The van der Waals surface area contributed by atoms with Crippen molar-refractivity contribution in [2.45, 2.75) is 11.4 Å². The Morgan fingerprint density at radius 1 is 1.05 bits per heavy atom. The van der Waals surface area contributed by atoms with E-state index in [1.807, 2.05) is 0 Å². The molecule has 2 aromatic rings. The van der Waals surface area contributed by atoms with Gasteiger partial charge in [0.05, 0.1) is 4.90 Å². The molecular weight excluding hydrogens is 326 g/mol. The predicted octanol–water partition coefficient (Wildman–Crippen LogP) is 2.31. The topological polar surface area (TPSA) is 101 Å². The van der Waals surface area contributed by atoms with Gasteiger partial charge < -0.3 is 10.6 Å². The molecule has 0 atom stereocenters. The molecule has 8 heteroatoms. The van der Waals surface area contributed by atoms with Gasteiger partial charge in [-0.1, -0.05) is 23.7 Å². The number of carbonyl (C=O) groups is 1. The largest absolute Gasteiger partial charge is 0.334 e. The molecule has 2 rings (SSSR count). The molecule has 0 spiro atoms. The zero-order valence-electron chi connectivity index (χ0n) is 11.4. The standard InChI is InChI=1S/C14H14ClN3O3S/c15-11-3-5-12(6-4-11)18-14(19)17-9-10-1-7-13(8-2-10)22(16,20)21/h1-8H,9H2,(H2,16,20,21)(H2,17,18,19). The van der Waals surface area contributed by atoms with Gasteiger partial charge in [-0.3, -0.25) is 0 Å². The number of nitrogens with two attached hydrogens (primary N) is 1. The fraction of sp³-hybridized carbons (Fsp3) is 0.0714. The summed E-state index contributed by atoms with van der Waals surface area (Å²) in [5.74, 6) is 0. The van der Waals surface area contributed by atoms with E-state index in [1.165, 1.54) is 12.1 Å². The molecule has 116 valence electrons. The van der Waals surface area contributed by atoms with Crippen molar-refractivity contribution in [1.82, 2.24) is 5.32 Å². The van der Waals surface area contributed by atoms with Gasteiger partial charge in [0, 0.05) is 17.3 Å². The number of hydrogen-bond acceptors (Lipinski definition) is 3. The number of sulfonamides is 1. The van der Waals surface area contributed by atoms with Crippen LogP contribution in [0.25, 0.3) is 0 Å². The van der Waals surface area contributed by atoms with Crippen LogP contribution in [0.3, 0.4) is 0 Å². The van der Waals surface area contributed by atoms with Gasteiger partial charge in [0.25, 0.3) is 0 Å². The maximum absolute atomic E-state index is 11.7. The molecule has 0 aliphatic heterocycles. The van der Waals surface area contributed by atoms with Gasteiger partial charge in [0.2, 0.25) is 10.0 Å². The van der Waals surface area contributed by atoms with Crippen molar-refractivity contribution in [3.63, 3.8) is 0 Å². The van der Waals surface area contributed by atoms with Crippen LogP contribution in [0.1, 0.15) is 5.56 Å². The van der Waals surface area contributed by atoms with Gasteiger partial charge in [0.1, 0.15) is 0 Å². The zero-order chi connectivity index (χ0) is 16.2. The average Bonchev–Trinajstić information content (AvgIpc) is 2.47. The molecule has 0 aromatic heterocycles. The van der Waals surface area contributed by atoms with E-state index >= 15 is 0 Å². The Kier molecular flexibility index (Phi) is 5.02. The summed E-state index contributed by atoms with van der Waals surface area (Å²) in [6.45, 7) is 0.254.